The number of carbonyl (C=O) groups excluding carboxylic acids is 1. The number of carbonyl (C=O) groups is 1. The standard InChI is InChI=1S/C12H14Cl2N2O3S/c1-16(7-12(17)15-8-2-3-8)20(18,19)9-4-5-10(13)11(14)6-9/h4-6,8H,2-3,7H2,1H3,(H,15,17). The third kappa shape index (κ3) is 3.63. The predicted molar refractivity (Wildman–Crippen MR) is 77.4 cm³/mol. The van der Waals surface area contributed by atoms with E-state index in [2.05, 4.69) is 5.32 Å². The van der Waals surface area contributed by atoms with Crippen LogP contribution in [0.2, 0.25) is 10.0 Å². The normalized spacial score (nSPS) is 15.4. The Labute approximate surface area is 127 Å². The predicted octanol–water partition coefficient (Wildman–Crippen LogP) is 1.89. The van der Waals surface area contributed by atoms with Crippen molar-refractivity contribution in [1.82, 2.24) is 9.62 Å². The summed E-state index contributed by atoms with van der Waals surface area (Å²) >= 11 is 11.6. The SMILES string of the molecule is CN(CC(=O)NC1CC1)S(=O)(=O)c1ccc(Cl)c(Cl)c1. The van der Waals surface area contributed by atoms with E-state index >= 15 is 0 Å². The summed E-state index contributed by atoms with van der Waals surface area (Å²) in [6, 6.07) is 4.24. The maximum absolute atomic E-state index is 12.3. The van der Waals surface area contributed by atoms with Crippen LogP contribution in [0.15, 0.2) is 23.1 Å². The van der Waals surface area contributed by atoms with Crippen LogP contribution >= 0.6 is 23.2 Å². The molecule has 0 aliphatic heterocycles. The van der Waals surface area contributed by atoms with Gasteiger partial charge in [0.2, 0.25) is 15.9 Å². The van der Waals surface area contributed by atoms with Gasteiger partial charge in [0.1, 0.15) is 0 Å². The Balaban J connectivity index is 2.11. The van der Waals surface area contributed by atoms with Gasteiger partial charge in [-0.25, -0.2) is 8.42 Å². The molecule has 0 radical (unpaired) electrons. The largest absolute Gasteiger partial charge is 0.352 e. The van der Waals surface area contributed by atoms with E-state index in [1.807, 2.05) is 0 Å². The van der Waals surface area contributed by atoms with Crippen molar-refractivity contribution >= 4 is 39.1 Å². The highest BCUT2D eigenvalue weighted by Gasteiger charge is 2.27. The summed E-state index contributed by atoms with van der Waals surface area (Å²) in [5.41, 5.74) is 0. The zero-order chi connectivity index (χ0) is 14.9. The molecule has 1 aliphatic carbocycles. The number of nitrogens with zero attached hydrogens (tertiary/aromatic N) is 1. The molecular formula is C12H14Cl2N2O3S. The number of halogens is 2. The van der Waals surface area contributed by atoms with Crippen molar-refractivity contribution in [3.63, 3.8) is 0 Å². The number of amides is 1. The minimum absolute atomic E-state index is 0.00798. The van der Waals surface area contributed by atoms with Crippen molar-refractivity contribution in [3.05, 3.63) is 28.2 Å². The van der Waals surface area contributed by atoms with Crippen LogP contribution < -0.4 is 5.32 Å². The van der Waals surface area contributed by atoms with Crippen molar-refractivity contribution < 1.29 is 13.2 Å². The molecule has 0 bridgehead atoms. The first-order valence-electron chi connectivity index (χ1n) is 6.01. The Hall–Kier alpha value is -0.820. The van der Waals surface area contributed by atoms with E-state index in [4.69, 9.17) is 23.2 Å². The lowest BCUT2D eigenvalue weighted by atomic mass is 10.4. The third-order valence-electron chi connectivity index (χ3n) is 2.91. The first kappa shape index (κ1) is 15.6. The molecule has 1 aliphatic rings. The Morgan fingerprint density at radius 3 is 2.55 bits per heavy atom. The summed E-state index contributed by atoms with van der Waals surface area (Å²) in [5.74, 6) is -0.307. The van der Waals surface area contributed by atoms with E-state index in [1.54, 1.807) is 0 Å². The molecule has 1 fully saturated rings. The van der Waals surface area contributed by atoms with Crippen molar-refractivity contribution in [2.75, 3.05) is 13.6 Å². The molecule has 0 spiro atoms. The second-order valence-corrected chi connectivity index (χ2v) is 7.54. The highest BCUT2D eigenvalue weighted by Crippen LogP contribution is 2.26. The molecule has 0 unspecified atom stereocenters. The molecule has 1 N–H and O–H groups in total. The topological polar surface area (TPSA) is 66.5 Å². The van der Waals surface area contributed by atoms with Crippen molar-refractivity contribution in [2.45, 2.75) is 23.8 Å². The molecule has 20 heavy (non-hydrogen) atoms. The van der Waals surface area contributed by atoms with Crippen LogP contribution in [0.25, 0.3) is 0 Å². The van der Waals surface area contributed by atoms with Crippen LogP contribution in [-0.2, 0) is 14.8 Å². The first-order valence-corrected chi connectivity index (χ1v) is 8.21. The highest BCUT2D eigenvalue weighted by atomic mass is 35.5. The van der Waals surface area contributed by atoms with Gasteiger partial charge in [0.15, 0.2) is 0 Å². The molecule has 1 aromatic carbocycles. The lowest BCUT2D eigenvalue weighted by Crippen LogP contribution is -2.39. The summed E-state index contributed by atoms with van der Waals surface area (Å²) in [6.45, 7) is -0.223. The third-order valence-corrected chi connectivity index (χ3v) is 5.45. The monoisotopic (exact) mass is 336 g/mol. The molecular weight excluding hydrogens is 323 g/mol. The molecule has 0 heterocycles. The van der Waals surface area contributed by atoms with E-state index in [-0.39, 0.29) is 33.4 Å². The van der Waals surface area contributed by atoms with E-state index in [0.717, 1.165) is 17.1 Å². The van der Waals surface area contributed by atoms with Crippen LogP contribution in [0.5, 0.6) is 0 Å². The van der Waals surface area contributed by atoms with Crippen LogP contribution in [-0.4, -0.2) is 38.3 Å². The quantitative estimate of drug-likeness (QED) is 0.892. The number of likely N-dealkylation sites (N-methyl/N-ethyl adjacent to an activating group) is 1. The minimum Gasteiger partial charge on any atom is -0.352 e. The number of rotatable bonds is 5. The molecule has 8 heteroatoms. The van der Waals surface area contributed by atoms with Gasteiger partial charge < -0.3 is 5.32 Å². The molecule has 0 saturated heterocycles. The summed E-state index contributed by atoms with van der Waals surface area (Å²) in [7, 11) is -2.41. The summed E-state index contributed by atoms with van der Waals surface area (Å²) in [5, 5.41) is 3.17. The number of nitrogens with one attached hydrogen (secondary N) is 1. The first-order chi connectivity index (χ1) is 9.30. The average molecular weight is 337 g/mol. The number of sulfonamides is 1. The van der Waals surface area contributed by atoms with Crippen molar-refractivity contribution in [3.8, 4) is 0 Å². The van der Waals surface area contributed by atoms with Gasteiger partial charge in [-0.3, -0.25) is 4.79 Å². The number of benzene rings is 1. The highest BCUT2D eigenvalue weighted by molar-refractivity contribution is 7.89. The summed E-state index contributed by atoms with van der Waals surface area (Å²) in [4.78, 5) is 11.6. The molecule has 5 nitrogen and oxygen atoms in total. The lowest BCUT2D eigenvalue weighted by Gasteiger charge is -2.17. The van der Waals surface area contributed by atoms with Gasteiger partial charge in [-0.05, 0) is 31.0 Å². The summed E-state index contributed by atoms with van der Waals surface area (Å²) in [6.07, 6.45) is 1.91. The van der Waals surface area contributed by atoms with Gasteiger partial charge in [-0.15, -0.1) is 0 Å². The lowest BCUT2D eigenvalue weighted by molar-refractivity contribution is -0.121. The molecule has 1 aromatic rings. The van der Waals surface area contributed by atoms with Gasteiger partial charge in [-0.1, -0.05) is 23.2 Å². The van der Waals surface area contributed by atoms with Gasteiger partial charge in [0, 0.05) is 13.1 Å². The van der Waals surface area contributed by atoms with E-state index in [0.29, 0.717) is 0 Å². The van der Waals surface area contributed by atoms with Crippen LogP contribution in [0.3, 0.4) is 0 Å². The maximum atomic E-state index is 12.3. The Kier molecular flexibility index (Phi) is 4.59. The smallest absolute Gasteiger partial charge is 0.243 e. The van der Waals surface area contributed by atoms with Crippen LogP contribution in [0.4, 0.5) is 0 Å². The molecule has 0 aromatic heterocycles. The molecule has 2 rings (SSSR count). The fourth-order valence-electron chi connectivity index (χ4n) is 1.61. The Morgan fingerprint density at radius 2 is 2.00 bits per heavy atom. The van der Waals surface area contributed by atoms with Crippen LogP contribution in [0, 0.1) is 0 Å². The second-order valence-electron chi connectivity index (χ2n) is 4.68. The molecule has 1 amide bonds. The number of hydrogen-bond donors (Lipinski definition) is 1. The van der Waals surface area contributed by atoms with E-state index in [1.165, 1.54) is 25.2 Å². The maximum Gasteiger partial charge on any atom is 0.243 e. The van der Waals surface area contributed by atoms with E-state index in [9.17, 15) is 13.2 Å². The Bertz CT molecular complexity index is 630. The van der Waals surface area contributed by atoms with Gasteiger partial charge in [0.05, 0.1) is 21.5 Å². The Morgan fingerprint density at radius 1 is 1.35 bits per heavy atom. The average Bonchev–Trinajstić information content (AvgIpc) is 3.16. The number of hydrogen-bond acceptors (Lipinski definition) is 3. The van der Waals surface area contributed by atoms with Crippen LogP contribution in [0.1, 0.15) is 12.8 Å². The summed E-state index contributed by atoms with van der Waals surface area (Å²) < 4.78 is 25.5. The van der Waals surface area contributed by atoms with Crippen molar-refractivity contribution in [2.24, 2.45) is 0 Å². The van der Waals surface area contributed by atoms with Gasteiger partial charge in [0.25, 0.3) is 0 Å². The zero-order valence-corrected chi connectivity index (χ0v) is 13.1. The van der Waals surface area contributed by atoms with Gasteiger partial charge >= 0.3 is 0 Å². The molecule has 110 valence electrons. The van der Waals surface area contributed by atoms with E-state index < -0.39 is 10.0 Å². The molecule has 0 atom stereocenters. The van der Waals surface area contributed by atoms with Gasteiger partial charge in [-0.2, -0.15) is 4.31 Å². The zero-order valence-electron chi connectivity index (χ0n) is 10.8. The minimum atomic E-state index is -3.76. The molecule has 1 saturated carbocycles. The van der Waals surface area contributed by atoms with Crippen molar-refractivity contribution in [1.29, 1.82) is 0 Å². The second kappa shape index (κ2) is 5.89. The fourth-order valence-corrected chi connectivity index (χ4v) is 3.12. The fraction of sp³-hybridized carbons (Fsp3) is 0.417.